The lowest BCUT2D eigenvalue weighted by atomic mass is 10.1. The summed E-state index contributed by atoms with van der Waals surface area (Å²) in [6.07, 6.45) is 7.15. The maximum atomic E-state index is 12.9. The van der Waals surface area contributed by atoms with Crippen LogP contribution in [0.2, 0.25) is 0 Å². The monoisotopic (exact) mass is 371 g/mol. The number of piperidine rings is 1. The fourth-order valence-corrected chi connectivity index (χ4v) is 3.30. The van der Waals surface area contributed by atoms with Crippen molar-refractivity contribution in [1.82, 2.24) is 4.90 Å². The third-order valence-electron chi connectivity index (χ3n) is 4.40. The number of rotatable bonds is 5. The van der Waals surface area contributed by atoms with Crippen LogP contribution >= 0.6 is 11.8 Å². The third kappa shape index (κ3) is 5.11. The Morgan fingerprint density at radius 1 is 1.12 bits per heavy atom. The van der Waals surface area contributed by atoms with E-state index < -0.39 is 0 Å². The first-order valence-electron chi connectivity index (χ1n) is 8.67. The second-order valence-electron chi connectivity index (χ2n) is 6.20. The number of thioether (sulfide) groups is 1. The second-order valence-corrected chi connectivity index (χ2v) is 7.08. The van der Waals surface area contributed by atoms with E-state index >= 15 is 0 Å². The molecule has 0 N–H and O–H groups in total. The molecule has 1 aliphatic rings. The van der Waals surface area contributed by atoms with Gasteiger partial charge in [0, 0.05) is 36.9 Å². The van der Waals surface area contributed by atoms with Gasteiger partial charge in [0.05, 0.1) is 0 Å². The van der Waals surface area contributed by atoms with Crippen LogP contribution in [0, 0.1) is 5.82 Å². The number of benzene rings is 2. The Morgan fingerprint density at radius 3 is 2.38 bits per heavy atom. The van der Waals surface area contributed by atoms with E-state index in [1.807, 2.05) is 41.5 Å². The zero-order valence-corrected chi connectivity index (χ0v) is 15.5. The van der Waals surface area contributed by atoms with Crippen molar-refractivity contribution in [2.45, 2.75) is 23.8 Å². The number of hydrogen-bond donors (Lipinski definition) is 0. The van der Waals surface area contributed by atoms with Gasteiger partial charge in [-0.25, -0.2) is 4.39 Å². The molecular weight excluding hydrogens is 349 g/mol. The molecule has 1 amide bonds. The molecule has 0 aliphatic carbocycles. The summed E-state index contributed by atoms with van der Waals surface area (Å²) in [7, 11) is 0. The predicted octanol–water partition coefficient (Wildman–Crippen LogP) is 4.63. The summed E-state index contributed by atoms with van der Waals surface area (Å²) in [4.78, 5) is 15.4. The first-order valence-corrected chi connectivity index (χ1v) is 9.90. The number of halogens is 1. The van der Waals surface area contributed by atoms with Crippen molar-refractivity contribution in [3.05, 3.63) is 66.0 Å². The van der Waals surface area contributed by atoms with E-state index in [1.165, 1.54) is 17.0 Å². The number of carbonyl (C=O) groups is 1. The number of nitrogens with zero attached hydrogens (tertiary/aromatic N) is 1. The minimum absolute atomic E-state index is 0.0270. The summed E-state index contributed by atoms with van der Waals surface area (Å²) < 4.78 is 18.8. The molecule has 5 heteroatoms. The highest BCUT2D eigenvalue weighted by molar-refractivity contribution is 7.98. The summed E-state index contributed by atoms with van der Waals surface area (Å²) in [6, 6.07) is 14.2. The van der Waals surface area contributed by atoms with E-state index in [9.17, 15) is 9.18 Å². The van der Waals surface area contributed by atoms with Gasteiger partial charge in [-0.2, -0.15) is 0 Å². The summed E-state index contributed by atoms with van der Waals surface area (Å²) in [5.74, 6) is 0.427. The van der Waals surface area contributed by atoms with Gasteiger partial charge in [-0.05, 0) is 54.3 Å². The topological polar surface area (TPSA) is 29.5 Å². The van der Waals surface area contributed by atoms with E-state index in [0.29, 0.717) is 18.8 Å². The van der Waals surface area contributed by atoms with Crippen LogP contribution in [0.25, 0.3) is 6.08 Å². The molecule has 1 heterocycles. The molecule has 136 valence electrons. The van der Waals surface area contributed by atoms with E-state index in [1.54, 1.807) is 30.0 Å². The number of hydrogen-bond acceptors (Lipinski definition) is 3. The highest BCUT2D eigenvalue weighted by Gasteiger charge is 2.22. The molecule has 1 fully saturated rings. The van der Waals surface area contributed by atoms with Crippen molar-refractivity contribution < 1.29 is 13.9 Å². The molecule has 1 saturated heterocycles. The molecular formula is C21H22FNO2S. The van der Waals surface area contributed by atoms with Gasteiger partial charge in [-0.3, -0.25) is 4.79 Å². The van der Waals surface area contributed by atoms with Crippen LogP contribution in [0.15, 0.2) is 59.5 Å². The summed E-state index contributed by atoms with van der Waals surface area (Å²) in [6.45, 7) is 1.33. The van der Waals surface area contributed by atoms with Crippen LogP contribution in [0.3, 0.4) is 0 Å². The van der Waals surface area contributed by atoms with Crippen molar-refractivity contribution in [2.24, 2.45) is 0 Å². The van der Waals surface area contributed by atoms with Gasteiger partial charge in [0.15, 0.2) is 0 Å². The lowest BCUT2D eigenvalue weighted by Crippen LogP contribution is -2.41. The quantitative estimate of drug-likeness (QED) is 0.567. The maximum absolute atomic E-state index is 12.9. The molecule has 0 spiro atoms. The van der Waals surface area contributed by atoms with E-state index in [2.05, 4.69) is 0 Å². The molecule has 3 nitrogen and oxygen atoms in total. The third-order valence-corrected chi connectivity index (χ3v) is 5.15. The van der Waals surface area contributed by atoms with E-state index in [-0.39, 0.29) is 17.8 Å². The van der Waals surface area contributed by atoms with Gasteiger partial charge in [0.2, 0.25) is 5.91 Å². The zero-order valence-electron chi connectivity index (χ0n) is 14.7. The maximum Gasteiger partial charge on any atom is 0.246 e. The fourth-order valence-electron chi connectivity index (χ4n) is 2.89. The molecule has 1 aliphatic heterocycles. The molecule has 26 heavy (non-hydrogen) atoms. The minimum atomic E-state index is -0.271. The Morgan fingerprint density at radius 2 is 1.77 bits per heavy atom. The minimum Gasteiger partial charge on any atom is -0.490 e. The average Bonchev–Trinajstić information content (AvgIpc) is 2.69. The van der Waals surface area contributed by atoms with Crippen molar-refractivity contribution in [1.29, 1.82) is 0 Å². The second kappa shape index (κ2) is 8.90. The number of amides is 1. The first-order chi connectivity index (χ1) is 12.6. The van der Waals surface area contributed by atoms with Gasteiger partial charge in [0.1, 0.15) is 17.7 Å². The average molecular weight is 371 g/mol. The molecule has 2 aromatic rings. The lowest BCUT2D eigenvalue weighted by molar-refractivity contribution is -0.127. The highest BCUT2D eigenvalue weighted by atomic mass is 32.2. The SMILES string of the molecule is CSc1ccc(/C=C/C(=O)N2CCC(Oc3ccc(F)cc3)CC2)cc1. The van der Waals surface area contributed by atoms with Gasteiger partial charge < -0.3 is 9.64 Å². The van der Waals surface area contributed by atoms with Crippen LogP contribution in [-0.4, -0.2) is 36.3 Å². The number of ether oxygens (including phenoxy) is 1. The predicted molar refractivity (Wildman–Crippen MR) is 104 cm³/mol. The standard InChI is InChI=1S/C21H22FNO2S/c1-26-20-9-2-16(3-10-20)4-11-21(24)23-14-12-19(13-15-23)25-18-7-5-17(22)6-8-18/h2-11,19H,12-15H2,1H3/b11-4+. The van der Waals surface area contributed by atoms with E-state index in [0.717, 1.165) is 18.4 Å². The molecule has 3 rings (SSSR count). The molecule has 0 radical (unpaired) electrons. The molecule has 2 aromatic carbocycles. The van der Waals surface area contributed by atoms with Crippen LogP contribution < -0.4 is 4.74 Å². The molecule has 0 saturated carbocycles. The molecule has 0 unspecified atom stereocenters. The highest BCUT2D eigenvalue weighted by Crippen LogP contribution is 2.20. The van der Waals surface area contributed by atoms with Crippen LogP contribution in [0.1, 0.15) is 18.4 Å². The normalized spacial score (nSPS) is 15.4. The van der Waals surface area contributed by atoms with E-state index in [4.69, 9.17) is 4.74 Å². The molecule has 0 aromatic heterocycles. The number of likely N-dealkylation sites (tertiary alicyclic amines) is 1. The van der Waals surface area contributed by atoms with Gasteiger partial charge in [0.25, 0.3) is 0 Å². The van der Waals surface area contributed by atoms with Crippen LogP contribution in [0.5, 0.6) is 5.75 Å². The molecule has 0 atom stereocenters. The first kappa shape index (κ1) is 18.5. The van der Waals surface area contributed by atoms with Gasteiger partial charge >= 0.3 is 0 Å². The Balaban J connectivity index is 1.48. The Kier molecular flexibility index (Phi) is 6.34. The van der Waals surface area contributed by atoms with Crippen molar-refractivity contribution in [3.8, 4) is 5.75 Å². The van der Waals surface area contributed by atoms with Gasteiger partial charge in [-0.15, -0.1) is 11.8 Å². The van der Waals surface area contributed by atoms with Crippen molar-refractivity contribution >= 4 is 23.7 Å². The van der Waals surface area contributed by atoms with Gasteiger partial charge in [-0.1, -0.05) is 12.1 Å². The Bertz CT molecular complexity index is 751. The Labute approximate surface area is 157 Å². The fraction of sp³-hybridized carbons (Fsp3) is 0.286. The zero-order chi connectivity index (χ0) is 18.4. The largest absolute Gasteiger partial charge is 0.490 e. The Hall–Kier alpha value is -2.27. The van der Waals surface area contributed by atoms with Crippen LogP contribution in [-0.2, 0) is 4.79 Å². The van der Waals surface area contributed by atoms with Crippen LogP contribution in [0.4, 0.5) is 4.39 Å². The lowest BCUT2D eigenvalue weighted by Gasteiger charge is -2.31. The summed E-state index contributed by atoms with van der Waals surface area (Å²) >= 11 is 1.70. The summed E-state index contributed by atoms with van der Waals surface area (Å²) in [5.41, 5.74) is 1.02. The van der Waals surface area contributed by atoms with Crippen molar-refractivity contribution in [3.63, 3.8) is 0 Å². The number of carbonyl (C=O) groups excluding carboxylic acids is 1. The molecule has 0 bridgehead atoms. The smallest absolute Gasteiger partial charge is 0.246 e. The summed E-state index contributed by atoms with van der Waals surface area (Å²) in [5, 5.41) is 0. The van der Waals surface area contributed by atoms with Crippen molar-refractivity contribution in [2.75, 3.05) is 19.3 Å².